The molecule has 9 heteroatoms. The minimum atomic E-state index is -5.02. The van der Waals surface area contributed by atoms with Gasteiger partial charge in [-0.2, -0.15) is 26.3 Å². The van der Waals surface area contributed by atoms with E-state index in [0.29, 0.717) is 6.07 Å². The van der Waals surface area contributed by atoms with E-state index in [9.17, 15) is 31.1 Å². The van der Waals surface area contributed by atoms with Crippen LogP contribution in [0.3, 0.4) is 0 Å². The molecule has 0 aliphatic heterocycles. The summed E-state index contributed by atoms with van der Waals surface area (Å²) in [6, 6.07) is 0.489. The zero-order valence-corrected chi connectivity index (χ0v) is 12.1. The van der Waals surface area contributed by atoms with Crippen molar-refractivity contribution in [1.29, 1.82) is 0 Å². The highest BCUT2D eigenvalue weighted by Gasteiger charge is 2.39. The first-order valence-corrected chi connectivity index (χ1v) is 6.38. The van der Waals surface area contributed by atoms with Crippen LogP contribution in [0.1, 0.15) is 23.6 Å². The summed E-state index contributed by atoms with van der Waals surface area (Å²) in [6.07, 6.45) is -10.7. The second-order valence-corrected chi connectivity index (χ2v) is 4.82. The Hall–Kier alpha value is -1.25. The molecule has 0 aliphatic rings. The molecular formula is C12H9BrF6O2. The van der Waals surface area contributed by atoms with Gasteiger partial charge in [0.05, 0.1) is 24.2 Å². The van der Waals surface area contributed by atoms with Gasteiger partial charge in [0, 0.05) is 4.47 Å². The molecule has 0 spiro atoms. The summed E-state index contributed by atoms with van der Waals surface area (Å²) < 4.78 is 80.5. The molecule has 0 aromatic heterocycles. The van der Waals surface area contributed by atoms with Crippen LogP contribution in [-0.4, -0.2) is 12.6 Å². The molecule has 118 valence electrons. The molecule has 0 bridgehead atoms. The summed E-state index contributed by atoms with van der Waals surface area (Å²) in [6.45, 7) is 1.42. The van der Waals surface area contributed by atoms with E-state index in [4.69, 9.17) is 0 Å². The van der Waals surface area contributed by atoms with Gasteiger partial charge < -0.3 is 4.74 Å². The summed E-state index contributed by atoms with van der Waals surface area (Å²) in [5, 5.41) is 0. The number of hydrogen-bond acceptors (Lipinski definition) is 2. The smallest absolute Gasteiger partial charge is 0.416 e. The highest BCUT2D eigenvalue weighted by atomic mass is 79.9. The lowest BCUT2D eigenvalue weighted by molar-refractivity contribution is -0.144. The summed E-state index contributed by atoms with van der Waals surface area (Å²) in [5.41, 5.74) is -3.56. The Morgan fingerprint density at radius 1 is 1.14 bits per heavy atom. The molecule has 0 saturated carbocycles. The van der Waals surface area contributed by atoms with Gasteiger partial charge in [0.25, 0.3) is 0 Å². The van der Waals surface area contributed by atoms with E-state index < -0.39 is 45.9 Å². The second-order valence-electron chi connectivity index (χ2n) is 3.96. The Balaban J connectivity index is 3.39. The van der Waals surface area contributed by atoms with Crippen molar-refractivity contribution in [2.45, 2.75) is 25.7 Å². The molecule has 1 rings (SSSR count). The predicted molar refractivity (Wildman–Crippen MR) is 64.5 cm³/mol. The number of benzene rings is 1. The first-order chi connectivity index (χ1) is 9.46. The van der Waals surface area contributed by atoms with Crippen molar-refractivity contribution in [3.8, 4) is 0 Å². The maximum Gasteiger partial charge on any atom is 0.416 e. The highest BCUT2D eigenvalue weighted by Crippen LogP contribution is 2.40. The Morgan fingerprint density at radius 2 is 1.71 bits per heavy atom. The van der Waals surface area contributed by atoms with Crippen molar-refractivity contribution in [3.63, 3.8) is 0 Å². The maximum absolute atomic E-state index is 12.9. The highest BCUT2D eigenvalue weighted by molar-refractivity contribution is 9.10. The standard InChI is InChI=1S/C12H9BrF6O2/c1-2-21-10(20)5-7-8(12(17,18)19)3-6(4-9(7)13)11(14,15)16/h3-4H,2,5H2,1H3. The lowest BCUT2D eigenvalue weighted by Gasteiger charge is -2.17. The van der Waals surface area contributed by atoms with E-state index in [1.807, 2.05) is 0 Å². The molecule has 0 heterocycles. The minimum Gasteiger partial charge on any atom is -0.466 e. The number of hydrogen-bond donors (Lipinski definition) is 0. The van der Waals surface area contributed by atoms with Crippen LogP contribution in [0.2, 0.25) is 0 Å². The number of esters is 1. The van der Waals surface area contributed by atoms with Gasteiger partial charge in [-0.05, 0) is 24.6 Å². The molecule has 21 heavy (non-hydrogen) atoms. The molecule has 0 radical (unpaired) electrons. The lowest BCUT2D eigenvalue weighted by atomic mass is 10.0. The van der Waals surface area contributed by atoms with Crippen molar-refractivity contribution in [2.24, 2.45) is 0 Å². The fourth-order valence-corrected chi connectivity index (χ4v) is 2.19. The largest absolute Gasteiger partial charge is 0.466 e. The van der Waals surface area contributed by atoms with E-state index in [-0.39, 0.29) is 12.7 Å². The maximum atomic E-state index is 12.9. The van der Waals surface area contributed by atoms with Gasteiger partial charge in [0.15, 0.2) is 0 Å². The van der Waals surface area contributed by atoms with Crippen LogP contribution in [-0.2, 0) is 28.3 Å². The SMILES string of the molecule is CCOC(=O)Cc1c(Br)cc(C(F)(F)F)cc1C(F)(F)F. The van der Waals surface area contributed by atoms with Crippen molar-refractivity contribution in [2.75, 3.05) is 6.61 Å². The van der Waals surface area contributed by atoms with Gasteiger partial charge in [-0.25, -0.2) is 0 Å². The van der Waals surface area contributed by atoms with E-state index in [0.717, 1.165) is 0 Å². The van der Waals surface area contributed by atoms with Crippen molar-refractivity contribution >= 4 is 21.9 Å². The number of rotatable bonds is 3. The molecular weight excluding hydrogens is 370 g/mol. The third-order valence-electron chi connectivity index (χ3n) is 2.45. The average molecular weight is 379 g/mol. The summed E-state index contributed by atoms with van der Waals surface area (Å²) in [4.78, 5) is 11.3. The van der Waals surface area contributed by atoms with Crippen LogP contribution in [0.4, 0.5) is 26.3 Å². The van der Waals surface area contributed by atoms with Gasteiger partial charge in [-0.3, -0.25) is 4.79 Å². The summed E-state index contributed by atoms with van der Waals surface area (Å²) in [5.74, 6) is -0.955. The van der Waals surface area contributed by atoms with Crippen molar-refractivity contribution in [3.05, 3.63) is 33.3 Å². The normalized spacial score (nSPS) is 12.4. The topological polar surface area (TPSA) is 26.3 Å². The van der Waals surface area contributed by atoms with Gasteiger partial charge in [0.2, 0.25) is 0 Å². The average Bonchev–Trinajstić information content (AvgIpc) is 2.28. The van der Waals surface area contributed by atoms with Crippen LogP contribution >= 0.6 is 15.9 Å². The molecule has 0 aliphatic carbocycles. The number of carbonyl (C=O) groups excluding carboxylic acids is 1. The van der Waals surface area contributed by atoms with E-state index in [1.165, 1.54) is 6.92 Å². The predicted octanol–water partition coefficient (Wildman–Crippen LogP) is 4.59. The van der Waals surface area contributed by atoms with E-state index in [2.05, 4.69) is 20.7 Å². The molecule has 2 nitrogen and oxygen atoms in total. The third-order valence-corrected chi connectivity index (χ3v) is 3.16. The first-order valence-electron chi connectivity index (χ1n) is 5.59. The third kappa shape index (κ3) is 4.62. The van der Waals surface area contributed by atoms with Gasteiger partial charge in [-0.1, -0.05) is 15.9 Å². The van der Waals surface area contributed by atoms with Gasteiger partial charge in [-0.15, -0.1) is 0 Å². The second kappa shape index (κ2) is 6.25. The van der Waals surface area contributed by atoms with Crippen molar-refractivity contribution < 1.29 is 35.9 Å². The van der Waals surface area contributed by atoms with Crippen LogP contribution in [0, 0.1) is 0 Å². The minimum absolute atomic E-state index is 0.0146. The molecule has 0 saturated heterocycles. The molecule has 1 aromatic carbocycles. The Labute approximate surface area is 124 Å². The quantitative estimate of drug-likeness (QED) is 0.567. The van der Waals surface area contributed by atoms with Crippen LogP contribution < -0.4 is 0 Å². The molecule has 0 amide bonds. The summed E-state index contributed by atoms with van der Waals surface area (Å²) >= 11 is 2.65. The van der Waals surface area contributed by atoms with Gasteiger partial charge in [0.1, 0.15) is 0 Å². The first kappa shape index (κ1) is 17.8. The fraction of sp³-hybridized carbons (Fsp3) is 0.417. The van der Waals surface area contributed by atoms with E-state index in [1.54, 1.807) is 0 Å². The Morgan fingerprint density at radius 3 is 2.14 bits per heavy atom. The molecule has 0 N–H and O–H groups in total. The fourth-order valence-electron chi connectivity index (χ4n) is 1.59. The zero-order chi connectivity index (χ0) is 16.4. The molecule has 1 aromatic rings. The van der Waals surface area contributed by atoms with E-state index >= 15 is 0 Å². The monoisotopic (exact) mass is 378 g/mol. The van der Waals surface area contributed by atoms with Crippen molar-refractivity contribution in [1.82, 2.24) is 0 Å². The van der Waals surface area contributed by atoms with Gasteiger partial charge >= 0.3 is 18.3 Å². The molecule has 0 atom stereocenters. The zero-order valence-electron chi connectivity index (χ0n) is 10.5. The van der Waals surface area contributed by atoms with Crippen LogP contribution in [0.5, 0.6) is 0 Å². The number of ether oxygens (including phenoxy) is 1. The molecule has 0 unspecified atom stereocenters. The Kier molecular flexibility index (Phi) is 5.30. The summed E-state index contributed by atoms with van der Waals surface area (Å²) in [7, 11) is 0. The lowest BCUT2D eigenvalue weighted by Crippen LogP contribution is -2.17. The number of carbonyl (C=O) groups is 1. The number of alkyl halides is 6. The van der Waals surface area contributed by atoms with Crippen LogP contribution in [0.15, 0.2) is 16.6 Å². The van der Waals surface area contributed by atoms with Crippen LogP contribution in [0.25, 0.3) is 0 Å². The molecule has 0 fully saturated rings. The Bertz CT molecular complexity index is 536. The number of halogens is 7.